The van der Waals surface area contributed by atoms with Crippen LogP contribution in [0.5, 0.6) is 5.75 Å². The molecule has 9 nitrogen and oxygen atoms in total. The second-order valence-electron chi connectivity index (χ2n) is 8.65. The van der Waals surface area contributed by atoms with Gasteiger partial charge in [0.25, 0.3) is 5.56 Å². The Morgan fingerprint density at radius 1 is 1.29 bits per heavy atom. The average molecular weight is 429 g/mol. The molecule has 2 N–H and O–H groups in total. The molecule has 0 fully saturated rings. The molecule has 3 rings (SSSR count). The minimum absolute atomic E-state index is 0.0687. The summed E-state index contributed by atoms with van der Waals surface area (Å²) >= 11 is 0. The van der Waals surface area contributed by atoms with Crippen LogP contribution in [0.3, 0.4) is 0 Å². The maximum atomic E-state index is 12.8. The molecular weight excluding hydrogens is 396 g/mol. The van der Waals surface area contributed by atoms with Crippen LogP contribution in [0.15, 0.2) is 29.1 Å². The van der Waals surface area contributed by atoms with Gasteiger partial charge >= 0.3 is 0 Å². The monoisotopic (exact) mass is 428 g/mol. The molecule has 0 aliphatic rings. The Hall–Kier alpha value is -2.78. The Morgan fingerprint density at radius 3 is 2.74 bits per heavy atom. The van der Waals surface area contributed by atoms with Crippen LogP contribution in [0.25, 0.3) is 10.9 Å². The van der Waals surface area contributed by atoms with E-state index in [1.165, 1.54) is 0 Å². The Morgan fingerprint density at radius 2 is 2.06 bits per heavy atom. The summed E-state index contributed by atoms with van der Waals surface area (Å²) in [5.41, 5.74) is 1.00. The highest BCUT2D eigenvalue weighted by molar-refractivity contribution is 5.80. The van der Waals surface area contributed by atoms with Gasteiger partial charge in [-0.25, -0.2) is 4.68 Å². The largest absolute Gasteiger partial charge is 0.494 e. The standard InChI is InChI=1S/C22H32N6O3/c1-6-31-18-8-9-19-16(13-18)12-17(21(30)23-19)14-27(10-7-11-29)15(2)20-24-25-26-28(20)22(3,4)5/h8-9,12-13,15,29H,6-7,10-11,14H2,1-5H3,(H,23,30)/t15-/m1/s1. The van der Waals surface area contributed by atoms with Crippen molar-refractivity contribution < 1.29 is 9.84 Å². The van der Waals surface area contributed by atoms with Crippen LogP contribution in [0.2, 0.25) is 0 Å². The van der Waals surface area contributed by atoms with Crippen LogP contribution in [0.1, 0.15) is 58.5 Å². The Labute approximate surface area is 182 Å². The number of benzene rings is 1. The van der Waals surface area contributed by atoms with Crippen LogP contribution >= 0.6 is 0 Å². The van der Waals surface area contributed by atoms with Gasteiger partial charge < -0.3 is 14.8 Å². The minimum Gasteiger partial charge on any atom is -0.494 e. The zero-order valence-corrected chi connectivity index (χ0v) is 18.9. The van der Waals surface area contributed by atoms with Gasteiger partial charge in [-0.15, -0.1) is 5.10 Å². The number of hydrogen-bond acceptors (Lipinski definition) is 7. The molecule has 0 spiro atoms. The first-order chi connectivity index (χ1) is 14.7. The van der Waals surface area contributed by atoms with Crippen molar-refractivity contribution in [1.29, 1.82) is 0 Å². The summed E-state index contributed by atoms with van der Waals surface area (Å²) in [4.78, 5) is 17.9. The third kappa shape index (κ3) is 5.29. The van der Waals surface area contributed by atoms with Crippen LogP contribution in [0.4, 0.5) is 0 Å². The highest BCUT2D eigenvalue weighted by Gasteiger charge is 2.27. The first kappa shape index (κ1) is 22.9. The van der Waals surface area contributed by atoms with Gasteiger partial charge in [0.15, 0.2) is 5.82 Å². The number of ether oxygens (including phenoxy) is 1. The molecule has 31 heavy (non-hydrogen) atoms. The van der Waals surface area contributed by atoms with E-state index in [0.29, 0.717) is 31.7 Å². The summed E-state index contributed by atoms with van der Waals surface area (Å²) < 4.78 is 7.40. The molecule has 9 heteroatoms. The predicted molar refractivity (Wildman–Crippen MR) is 119 cm³/mol. The molecule has 0 aliphatic heterocycles. The third-order valence-electron chi connectivity index (χ3n) is 5.23. The average Bonchev–Trinajstić information content (AvgIpc) is 3.22. The summed E-state index contributed by atoms with van der Waals surface area (Å²) in [6, 6.07) is 7.39. The van der Waals surface area contributed by atoms with E-state index in [1.807, 2.05) is 63.6 Å². The van der Waals surface area contributed by atoms with E-state index in [-0.39, 0.29) is 23.7 Å². The van der Waals surface area contributed by atoms with E-state index in [2.05, 4.69) is 25.4 Å². The quantitative estimate of drug-likeness (QED) is 0.539. The second-order valence-corrected chi connectivity index (χ2v) is 8.65. The van der Waals surface area contributed by atoms with E-state index < -0.39 is 0 Å². The van der Waals surface area contributed by atoms with Gasteiger partial charge in [-0.1, -0.05) is 0 Å². The molecule has 1 atom stereocenters. The number of tetrazole rings is 1. The number of rotatable bonds is 9. The summed E-state index contributed by atoms with van der Waals surface area (Å²) in [7, 11) is 0. The van der Waals surface area contributed by atoms with Crippen LogP contribution in [0, 0.1) is 0 Å². The van der Waals surface area contributed by atoms with Crippen molar-refractivity contribution in [2.75, 3.05) is 19.8 Å². The molecule has 168 valence electrons. The van der Waals surface area contributed by atoms with E-state index in [0.717, 1.165) is 22.5 Å². The molecule has 0 saturated carbocycles. The summed E-state index contributed by atoms with van der Waals surface area (Å²) in [6.45, 7) is 11.7. The van der Waals surface area contributed by atoms with Gasteiger partial charge in [0.05, 0.1) is 18.2 Å². The fourth-order valence-corrected chi connectivity index (χ4v) is 3.60. The zero-order chi connectivity index (χ0) is 22.6. The number of nitrogens with one attached hydrogen (secondary N) is 1. The molecule has 0 radical (unpaired) electrons. The maximum Gasteiger partial charge on any atom is 0.252 e. The molecule has 1 aromatic carbocycles. The van der Waals surface area contributed by atoms with Gasteiger partial charge in [-0.05, 0) is 75.7 Å². The van der Waals surface area contributed by atoms with Crippen molar-refractivity contribution in [2.45, 2.75) is 59.2 Å². The van der Waals surface area contributed by atoms with Crippen molar-refractivity contribution >= 4 is 10.9 Å². The number of aliphatic hydroxyl groups excluding tert-OH is 1. The zero-order valence-electron chi connectivity index (χ0n) is 18.9. The van der Waals surface area contributed by atoms with Crippen LogP contribution in [-0.4, -0.2) is 55.0 Å². The minimum atomic E-state index is -0.272. The number of hydrogen-bond donors (Lipinski definition) is 2. The Bertz CT molecular complexity index is 1070. The molecular formula is C22H32N6O3. The number of aromatic amines is 1. The van der Waals surface area contributed by atoms with Crippen LogP contribution in [-0.2, 0) is 12.1 Å². The van der Waals surface area contributed by atoms with Crippen molar-refractivity contribution in [3.05, 3.63) is 46.0 Å². The Balaban J connectivity index is 1.95. The fourth-order valence-electron chi connectivity index (χ4n) is 3.60. The lowest BCUT2D eigenvalue weighted by Crippen LogP contribution is -2.35. The van der Waals surface area contributed by atoms with Gasteiger partial charge in [-0.2, -0.15) is 0 Å². The van der Waals surface area contributed by atoms with E-state index >= 15 is 0 Å². The Kier molecular flexibility index (Phi) is 7.07. The van der Waals surface area contributed by atoms with Crippen molar-refractivity contribution in [2.24, 2.45) is 0 Å². The van der Waals surface area contributed by atoms with E-state index in [9.17, 15) is 9.90 Å². The van der Waals surface area contributed by atoms with E-state index in [1.54, 1.807) is 0 Å². The molecule has 2 heterocycles. The van der Waals surface area contributed by atoms with Gasteiger partial charge in [0.1, 0.15) is 5.75 Å². The van der Waals surface area contributed by atoms with Crippen molar-refractivity contribution in [3.8, 4) is 5.75 Å². The lowest BCUT2D eigenvalue weighted by Gasteiger charge is -2.30. The van der Waals surface area contributed by atoms with Crippen molar-refractivity contribution in [1.82, 2.24) is 30.1 Å². The summed E-state index contributed by atoms with van der Waals surface area (Å²) in [5, 5.41) is 22.6. The highest BCUT2D eigenvalue weighted by atomic mass is 16.5. The normalized spacial score (nSPS) is 13.1. The highest BCUT2D eigenvalue weighted by Crippen LogP contribution is 2.25. The first-order valence-electron chi connectivity index (χ1n) is 10.7. The van der Waals surface area contributed by atoms with Gasteiger partial charge in [0.2, 0.25) is 0 Å². The molecule has 0 aliphatic carbocycles. The summed E-state index contributed by atoms with van der Waals surface area (Å²) in [5.74, 6) is 1.49. The number of pyridine rings is 1. The first-order valence-corrected chi connectivity index (χ1v) is 10.7. The smallest absolute Gasteiger partial charge is 0.252 e. The van der Waals surface area contributed by atoms with Crippen molar-refractivity contribution in [3.63, 3.8) is 0 Å². The molecule has 3 aromatic rings. The number of H-pyrrole nitrogens is 1. The predicted octanol–water partition coefficient (Wildman–Crippen LogP) is 2.61. The number of aliphatic hydroxyl groups is 1. The van der Waals surface area contributed by atoms with Gasteiger partial charge in [-0.3, -0.25) is 9.69 Å². The number of aromatic nitrogens is 5. The third-order valence-corrected chi connectivity index (χ3v) is 5.23. The summed E-state index contributed by atoms with van der Waals surface area (Å²) in [6.07, 6.45) is 0.585. The van der Waals surface area contributed by atoms with Gasteiger partial charge in [0, 0.05) is 36.2 Å². The van der Waals surface area contributed by atoms with E-state index in [4.69, 9.17) is 4.74 Å². The SMILES string of the molecule is CCOc1ccc2[nH]c(=O)c(CN(CCCO)[C@H](C)c3nnnn3C(C)(C)C)cc2c1. The number of nitrogens with zero attached hydrogens (tertiary/aromatic N) is 5. The maximum absolute atomic E-state index is 12.8. The molecule has 0 unspecified atom stereocenters. The molecule has 0 saturated heterocycles. The second kappa shape index (κ2) is 9.57. The fraction of sp³-hybridized carbons (Fsp3) is 0.545. The molecule has 0 bridgehead atoms. The van der Waals surface area contributed by atoms with Crippen LogP contribution < -0.4 is 10.3 Å². The lowest BCUT2D eigenvalue weighted by molar-refractivity contribution is 0.160. The lowest BCUT2D eigenvalue weighted by atomic mass is 10.1. The topological polar surface area (TPSA) is 109 Å². The molecule has 2 aromatic heterocycles. The number of fused-ring (bicyclic) bond motifs is 1. The molecule has 0 amide bonds.